The number of nitrogens with one attached hydrogen (secondary N) is 2. The van der Waals surface area contributed by atoms with Crippen LogP contribution in [0.5, 0.6) is 0 Å². The van der Waals surface area contributed by atoms with E-state index in [1.54, 1.807) is 0 Å². The van der Waals surface area contributed by atoms with E-state index >= 15 is 0 Å². The molecule has 0 saturated carbocycles. The Bertz CT molecular complexity index is 811. The normalized spacial score (nSPS) is 10.7. The molecule has 0 fully saturated rings. The predicted octanol–water partition coefficient (Wildman–Crippen LogP) is 3.79. The number of pyridine rings is 1. The fourth-order valence-corrected chi connectivity index (χ4v) is 2.36. The van der Waals surface area contributed by atoms with Crippen molar-refractivity contribution in [3.63, 3.8) is 0 Å². The van der Waals surface area contributed by atoms with Gasteiger partial charge in [-0.2, -0.15) is 0 Å². The maximum Gasteiger partial charge on any atom is 0.257 e. The number of hydrogen-bond donors (Lipinski definition) is 2. The second kappa shape index (κ2) is 5.39. The molecule has 1 aromatic heterocycles. The molecule has 3 nitrogen and oxygen atoms in total. The molecule has 0 atom stereocenters. The summed E-state index contributed by atoms with van der Waals surface area (Å²) in [6.07, 6.45) is 0. The Morgan fingerprint density at radius 1 is 1.05 bits per heavy atom. The van der Waals surface area contributed by atoms with Gasteiger partial charge in [-0.1, -0.05) is 41.9 Å². The van der Waals surface area contributed by atoms with Gasteiger partial charge in [0.25, 0.3) is 5.56 Å². The van der Waals surface area contributed by atoms with Crippen molar-refractivity contribution >= 4 is 28.2 Å². The van der Waals surface area contributed by atoms with Crippen molar-refractivity contribution in [3.05, 3.63) is 75.5 Å². The van der Waals surface area contributed by atoms with Gasteiger partial charge in [0.15, 0.2) is 0 Å². The smallest absolute Gasteiger partial charge is 0.257 e. The van der Waals surface area contributed by atoms with Crippen molar-refractivity contribution in [2.24, 2.45) is 0 Å². The van der Waals surface area contributed by atoms with Crippen LogP contribution in [0.4, 0.5) is 5.82 Å². The van der Waals surface area contributed by atoms with E-state index in [0.717, 1.165) is 10.9 Å². The van der Waals surface area contributed by atoms with Crippen LogP contribution in [-0.4, -0.2) is 4.98 Å². The Morgan fingerprint density at radius 2 is 1.90 bits per heavy atom. The average molecular weight is 285 g/mol. The Morgan fingerprint density at radius 3 is 2.75 bits per heavy atom. The number of fused-ring (bicyclic) bond motifs is 1. The quantitative estimate of drug-likeness (QED) is 0.768. The molecule has 1 heterocycles. The van der Waals surface area contributed by atoms with E-state index in [0.29, 0.717) is 22.8 Å². The molecular formula is C16H13ClN2O. The number of benzene rings is 2. The number of rotatable bonds is 3. The third-order valence-corrected chi connectivity index (χ3v) is 3.36. The summed E-state index contributed by atoms with van der Waals surface area (Å²) in [5, 5.41) is 5.53. The highest BCUT2D eigenvalue weighted by molar-refractivity contribution is 6.30. The van der Waals surface area contributed by atoms with Crippen LogP contribution in [0.15, 0.2) is 59.4 Å². The third-order valence-electron chi connectivity index (χ3n) is 3.13. The lowest BCUT2D eigenvalue weighted by Crippen LogP contribution is -2.10. The minimum atomic E-state index is -0.0864. The highest BCUT2D eigenvalue weighted by Gasteiger charge is 2.01. The van der Waals surface area contributed by atoms with Gasteiger partial charge in [0.2, 0.25) is 0 Å². The summed E-state index contributed by atoms with van der Waals surface area (Å²) in [7, 11) is 0. The first-order chi connectivity index (χ1) is 9.72. The zero-order chi connectivity index (χ0) is 13.9. The van der Waals surface area contributed by atoms with E-state index in [9.17, 15) is 4.79 Å². The summed E-state index contributed by atoms with van der Waals surface area (Å²) >= 11 is 5.94. The van der Waals surface area contributed by atoms with Crippen LogP contribution in [0.1, 0.15) is 5.56 Å². The zero-order valence-corrected chi connectivity index (χ0v) is 11.4. The standard InChI is InChI=1S/C16H13ClN2O/c17-13-6-3-4-11(8-13)10-18-15-9-12-5-1-2-7-14(12)16(20)19-15/h1-9H,10H2,(H2,18,19,20). The SMILES string of the molecule is O=c1[nH]c(NCc2cccc(Cl)c2)cc2ccccc12. The van der Waals surface area contributed by atoms with Crippen LogP contribution in [-0.2, 0) is 6.54 Å². The van der Waals surface area contributed by atoms with E-state index in [1.165, 1.54) is 0 Å². The molecule has 2 N–H and O–H groups in total. The molecule has 100 valence electrons. The van der Waals surface area contributed by atoms with Gasteiger partial charge in [-0.05, 0) is 35.2 Å². The lowest BCUT2D eigenvalue weighted by Gasteiger charge is -2.08. The number of aromatic nitrogens is 1. The number of aromatic amines is 1. The summed E-state index contributed by atoms with van der Waals surface area (Å²) < 4.78 is 0. The van der Waals surface area contributed by atoms with Gasteiger partial charge >= 0.3 is 0 Å². The van der Waals surface area contributed by atoms with Crippen LogP contribution < -0.4 is 10.9 Å². The van der Waals surface area contributed by atoms with Crippen molar-refractivity contribution in [2.75, 3.05) is 5.32 Å². The molecule has 0 spiro atoms. The van der Waals surface area contributed by atoms with Gasteiger partial charge < -0.3 is 10.3 Å². The Hall–Kier alpha value is -2.26. The minimum Gasteiger partial charge on any atom is -0.367 e. The van der Waals surface area contributed by atoms with Crippen molar-refractivity contribution in [2.45, 2.75) is 6.54 Å². The molecule has 0 amide bonds. The maximum absolute atomic E-state index is 11.9. The summed E-state index contributed by atoms with van der Waals surface area (Å²) in [4.78, 5) is 14.8. The highest BCUT2D eigenvalue weighted by atomic mass is 35.5. The first-order valence-electron chi connectivity index (χ1n) is 6.33. The zero-order valence-electron chi connectivity index (χ0n) is 10.7. The summed E-state index contributed by atoms with van der Waals surface area (Å²) in [6.45, 7) is 0.606. The summed E-state index contributed by atoms with van der Waals surface area (Å²) in [5.74, 6) is 0.702. The lowest BCUT2D eigenvalue weighted by atomic mass is 10.2. The summed E-state index contributed by atoms with van der Waals surface area (Å²) in [6, 6.07) is 17.1. The highest BCUT2D eigenvalue weighted by Crippen LogP contribution is 2.15. The van der Waals surface area contributed by atoms with Crippen molar-refractivity contribution in [1.82, 2.24) is 4.98 Å². The van der Waals surface area contributed by atoms with Crippen LogP contribution >= 0.6 is 11.6 Å². The van der Waals surface area contributed by atoms with Gasteiger partial charge in [-0.15, -0.1) is 0 Å². The molecule has 0 saturated heterocycles. The number of H-pyrrole nitrogens is 1. The van der Waals surface area contributed by atoms with Crippen LogP contribution in [0.2, 0.25) is 5.02 Å². The molecule has 0 radical (unpaired) electrons. The maximum atomic E-state index is 11.9. The van der Waals surface area contributed by atoms with Gasteiger partial charge in [0, 0.05) is 17.0 Å². The average Bonchev–Trinajstić information content (AvgIpc) is 2.45. The summed E-state index contributed by atoms with van der Waals surface area (Å²) in [5.41, 5.74) is 0.975. The third kappa shape index (κ3) is 2.68. The molecule has 0 unspecified atom stereocenters. The second-order valence-corrected chi connectivity index (χ2v) is 5.02. The van der Waals surface area contributed by atoms with Crippen LogP contribution in [0.25, 0.3) is 10.8 Å². The first kappa shape index (κ1) is 12.8. The Kier molecular flexibility index (Phi) is 3.44. The molecule has 0 aliphatic rings. The van der Waals surface area contributed by atoms with Crippen molar-refractivity contribution in [1.29, 1.82) is 0 Å². The topological polar surface area (TPSA) is 44.9 Å². The minimum absolute atomic E-state index is 0.0864. The van der Waals surface area contributed by atoms with Gasteiger partial charge in [-0.3, -0.25) is 4.79 Å². The predicted molar refractivity (Wildman–Crippen MR) is 83.3 cm³/mol. The Labute approximate surface area is 121 Å². The number of halogens is 1. The Balaban J connectivity index is 1.86. The van der Waals surface area contributed by atoms with Gasteiger partial charge in [0.1, 0.15) is 5.82 Å². The monoisotopic (exact) mass is 284 g/mol. The van der Waals surface area contributed by atoms with Crippen molar-refractivity contribution in [3.8, 4) is 0 Å². The number of hydrogen-bond acceptors (Lipinski definition) is 2. The molecule has 0 aliphatic carbocycles. The largest absolute Gasteiger partial charge is 0.367 e. The van der Waals surface area contributed by atoms with E-state index in [-0.39, 0.29) is 5.56 Å². The molecule has 0 bridgehead atoms. The molecule has 3 aromatic rings. The first-order valence-corrected chi connectivity index (χ1v) is 6.70. The molecule has 0 aliphatic heterocycles. The lowest BCUT2D eigenvalue weighted by molar-refractivity contribution is 1.10. The molecule has 2 aromatic carbocycles. The van der Waals surface area contributed by atoms with Crippen LogP contribution in [0.3, 0.4) is 0 Å². The second-order valence-electron chi connectivity index (χ2n) is 4.58. The van der Waals surface area contributed by atoms with E-state index < -0.39 is 0 Å². The van der Waals surface area contributed by atoms with Crippen LogP contribution in [0, 0.1) is 0 Å². The molecule has 20 heavy (non-hydrogen) atoms. The fraction of sp³-hybridized carbons (Fsp3) is 0.0625. The molecule has 4 heteroatoms. The van der Waals surface area contributed by atoms with E-state index in [1.807, 2.05) is 54.6 Å². The fourth-order valence-electron chi connectivity index (χ4n) is 2.15. The van der Waals surface area contributed by atoms with Gasteiger partial charge in [-0.25, -0.2) is 0 Å². The van der Waals surface area contributed by atoms with Gasteiger partial charge in [0.05, 0.1) is 0 Å². The number of anilines is 1. The van der Waals surface area contributed by atoms with E-state index in [4.69, 9.17) is 11.6 Å². The van der Waals surface area contributed by atoms with E-state index in [2.05, 4.69) is 10.3 Å². The molecule has 3 rings (SSSR count). The molecular weight excluding hydrogens is 272 g/mol. The van der Waals surface area contributed by atoms with Crippen molar-refractivity contribution < 1.29 is 0 Å².